The molecule has 66 valence electrons. The third-order valence-electron chi connectivity index (χ3n) is 2.13. The average molecular weight is 175 g/mol. The molecule has 1 aromatic rings. The highest BCUT2D eigenvalue weighted by molar-refractivity contribution is 5.41. The second-order valence-electron chi connectivity index (χ2n) is 3.07. The van der Waals surface area contributed by atoms with E-state index in [0.717, 1.165) is 17.7 Å². The number of rotatable bonds is 0. The summed E-state index contributed by atoms with van der Waals surface area (Å²) in [5.41, 5.74) is 0.978. The SMILES string of the molecule is N#CC1CCc2cc(O)ccc2O1. The molecule has 0 saturated carbocycles. The lowest BCUT2D eigenvalue weighted by molar-refractivity contribution is 0.225. The van der Waals surface area contributed by atoms with Crippen LogP contribution in [0.5, 0.6) is 11.5 Å². The van der Waals surface area contributed by atoms with Crippen molar-refractivity contribution in [3.8, 4) is 17.6 Å². The lowest BCUT2D eigenvalue weighted by atomic mass is 10.0. The first-order chi connectivity index (χ1) is 6.29. The van der Waals surface area contributed by atoms with Crippen LogP contribution in [0.1, 0.15) is 12.0 Å². The van der Waals surface area contributed by atoms with Crippen LogP contribution in [0.4, 0.5) is 0 Å². The van der Waals surface area contributed by atoms with Crippen LogP contribution in [0.25, 0.3) is 0 Å². The van der Waals surface area contributed by atoms with Gasteiger partial charge in [0, 0.05) is 6.42 Å². The van der Waals surface area contributed by atoms with Crippen molar-refractivity contribution in [1.29, 1.82) is 5.26 Å². The number of nitrogens with zero attached hydrogens (tertiary/aromatic N) is 1. The summed E-state index contributed by atoms with van der Waals surface area (Å²) in [6.45, 7) is 0. The maximum absolute atomic E-state index is 9.19. The van der Waals surface area contributed by atoms with Gasteiger partial charge in [-0.25, -0.2) is 0 Å². The Balaban J connectivity index is 2.32. The summed E-state index contributed by atoms with van der Waals surface area (Å²) in [5, 5.41) is 17.8. The zero-order chi connectivity index (χ0) is 9.26. The maximum Gasteiger partial charge on any atom is 0.184 e. The number of ether oxygens (including phenoxy) is 1. The van der Waals surface area contributed by atoms with Crippen LogP contribution in [0.2, 0.25) is 0 Å². The van der Waals surface area contributed by atoms with E-state index in [-0.39, 0.29) is 11.9 Å². The molecule has 1 aliphatic rings. The minimum absolute atomic E-state index is 0.248. The molecule has 0 bridgehead atoms. The second kappa shape index (κ2) is 2.98. The number of hydrogen-bond acceptors (Lipinski definition) is 3. The van der Waals surface area contributed by atoms with E-state index in [1.54, 1.807) is 18.2 Å². The lowest BCUT2D eigenvalue weighted by Crippen LogP contribution is -2.20. The van der Waals surface area contributed by atoms with Gasteiger partial charge < -0.3 is 9.84 Å². The number of fused-ring (bicyclic) bond motifs is 1. The van der Waals surface area contributed by atoms with Gasteiger partial charge in [-0.3, -0.25) is 0 Å². The minimum Gasteiger partial charge on any atom is -0.508 e. The van der Waals surface area contributed by atoms with Gasteiger partial charge in [0.05, 0.1) is 0 Å². The highest BCUT2D eigenvalue weighted by Gasteiger charge is 2.18. The normalized spacial score (nSPS) is 19.8. The van der Waals surface area contributed by atoms with Crippen molar-refractivity contribution in [1.82, 2.24) is 0 Å². The number of phenols is 1. The zero-order valence-corrected chi connectivity index (χ0v) is 7.03. The summed E-state index contributed by atoms with van der Waals surface area (Å²) in [4.78, 5) is 0. The quantitative estimate of drug-likeness (QED) is 0.651. The highest BCUT2D eigenvalue weighted by Crippen LogP contribution is 2.29. The van der Waals surface area contributed by atoms with Crippen LogP contribution < -0.4 is 4.74 Å². The van der Waals surface area contributed by atoms with Crippen molar-refractivity contribution in [3.63, 3.8) is 0 Å². The molecule has 0 spiro atoms. The van der Waals surface area contributed by atoms with E-state index in [2.05, 4.69) is 6.07 Å². The molecule has 0 radical (unpaired) electrons. The summed E-state index contributed by atoms with van der Waals surface area (Å²) in [6.07, 6.45) is 1.16. The summed E-state index contributed by atoms with van der Waals surface area (Å²) in [7, 11) is 0. The molecule has 0 saturated heterocycles. The van der Waals surface area contributed by atoms with E-state index < -0.39 is 0 Å². The van der Waals surface area contributed by atoms with Gasteiger partial charge in [0.15, 0.2) is 6.10 Å². The number of aryl methyl sites for hydroxylation is 1. The fourth-order valence-corrected chi connectivity index (χ4v) is 1.47. The highest BCUT2D eigenvalue weighted by atomic mass is 16.5. The summed E-state index contributed by atoms with van der Waals surface area (Å²) in [5.74, 6) is 0.966. The number of hydrogen-bond donors (Lipinski definition) is 1. The second-order valence-corrected chi connectivity index (χ2v) is 3.07. The first-order valence-corrected chi connectivity index (χ1v) is 4.18. The molecule has 1 aliphatic heterocycles. The molecule has 0 fully saturated rings. The Kier molecular flexibility index (Phi) is 1.82. The molecule has 1 N–H and O–H groups in total. The standard InChI is InChI=1S/C10H9NO2/c11-6-9-3-1-7-5-8(12)2-4-10(7)13-9/h2,4-5,9,12H,1,3H2. The van der Waals surface area contributed by atoms with Crippen molar-refractivity contribution < 1.29 is 9.84 Å². The number of benzene rings is 1. The van der Waals surface area contributed by atoms with E-state index >= 15 is 0 Å². The van der Waals surface area contributed by atoms with E-state index in [1.807, 2.05) is 0 Å². The predicted molar refractivity (Wildman–Crippen MR) is 46.5 cm³/mol. The molecule has 0 amide bonds. The first-order valence-electron chi connectivity index (χ1n) is 4.18. The van der Waals surface area contributed by atoms with E-state index in [4.69, 9.17) is 10.00 Å². The van der Waals surface area contributed by atoms with Crippen molar-refractivity contribution in [2.24, 2.45) is 0 Å². The number of aromatic hydroxyl groups is 1. The molecule has 0 aliphatic carbocycles. The Hall–Kier alpha value is -1.69. The van der Waals surface area contributed by atoms with Crippen LogP contribution in [0.3, 0.4) is 0 Å². The topological polar surface area (TPSA) is 53.2 Å². The number of phenolic OH excluding ortho intramolecular Hbond substituents is 1. The van der Waals surface area contributed by atoms with Crippen LogP contribution in [0.15, 0.2) is 18.2 Å². The molecule has 1 heterocycles. The van der Waals surface area contributed by atoms with Gasteiger partial charge in [0.2, 0.25) is 0 Å². The van der Waals surface area contributed by atoms with Crippen LogP contribution >= 0.6 is 0 Å². The van der Waals surface area contributed by atoms with Gasteiger partial charge in [0.25, 0.3) is 0 Å². The van der Waals surface area contributed by atoms with E-state index in [0.29, 0.717) is 6.42 Å². The fourth-order valence-electron chi connectivity index (χ4n) is 1.47. The van der Waals surface area contributed by atoms with E-state index in [1.165, 1.54) is 0 Å². The molecule has 1 aromatic carbocycles. The molecule has 1 atom stereocenters. The monoisotopic (exact) mass is 175 g/mol. The molecule has 1 unspecified atom stereocenters. The third-order valence-corrected chi connectivity index (χ3v) is 2.13. The molecule has 3 heteroatoms. The van der Waals surface area contributed by atoms with Gasteiger partial charge in [-0.15, -0.1) is 0 Å². The summed E-state index contributed by atoms with van der Waals surface area (Å²) in [6, 6.07) is 7.03. The largest absolute Gasteiger partial charge is 0.508 e. The smallest absolute Gasteiger partial charge is 0.184 e. The van der Waals surface area contributed by atoms with Crippen molar-refractivity contribution in [3.05, 3.63) is 23.8 Å². The first kappa shape index (κ1) is 7.93. The predicted octanol–water partition coefficient (Wildman–Crippen LogP) is 1.61. The van der Waals surface area contributed by atoms with Crippen LogP contribution in [0, 0.1) is 11.3 Å². The zero-order valence-electron chi connectivity index (χ0n) is 7.03. The van der Waals surface area contributed by atoms with Crippen molar-refractivity contribution in [2.45, 2.75) is 18.9 Å². The van der Waals surface area contributed by atoms with Crippen LogP contribution in [-0.4, -0.2) is 11.2 Å². The Labute approximate surface area is 76.2 Å². The Morgan fingerprint density at radius 3 is 3.15 bits per heavy atom. The Morgan fingerprint density at radius 1 is 1.54 bits per heavy atom. The van der Waals surface area contributed by atoms with Gasteiger partial charge in [0.1, 0.15) is 17.6 Å². The lowest BCUT2D eigenvalue weighted by Gasteiger charge is -2.21. The van der Waals surface area contributed by atoms with Gasteiger partial charge in [-0.2, -0.15) is 5.26 Å². The molecule has 2 rings (SSSR count). The Morgan fingerprint density at radius 2 is 2.38 bits per heavy atom. The Bertz CT molecular complexity index is 368. The van der Waals surface area contributed by atoms with Gasteiger partial charge in [-0.1, -0.05) is 0 Å². The van der Waals surface area contributed by atoms with Gasteiger partial charge >= 0.3 is 0 Å². The summed E-state index contributed by atoms with van der Waals surface area (Å²) >= 11 is 0. The molecular formula is C10H9NO2. The number of nitriles is 1. The van der Waals surface area contributed by atoms with Crippen molar-refractivity contribution in [2.75, 3.05) is 0 Å². The average Bonchev–Trinajstić information content (AvgIpc) is 2.17. The molecule has 3 nitrogen and oxygen atoms in total. The maximum atomic E-state index is 9.19. The fraction of sp³-hybridized carbons (Fsp3) is 0.300. The van der Waals surface area contributed by atoms with Crippen LogP contribution in [-0.2, 0) is 6.42 Å². The summed E-state index contributed by atoms with van der Waals surface area (Å²) < 4.78 is 5.36. The van der Waals surface area contributed by atoms with Gasteiger partial charge in [-0.05, 0) is 30.2 Å². The van der Waals surface area contributed by atoms with E-state index in [9.17, 15) is 5.11 Å². The van der Waals surface area contributed by atoms with Crippen molar-refractivity contribution >= 4 is 0 Å². The molecule has 13 heavy (non-hydrogen) atoms. The molecule has 0 aromatic heterocycles. The molecular weight excluding hydrogens is 166 g/mol. The third kappa shape index (κ3) is 1.43. The minimum atomic E-state index is -0.336.